The van der Waals surface area contributed by atoms with Crippen LogP contribution in [0.4, 0.5) is 5.69 Å². The van der Waals surface area contributed by atoms with Gasteiger partial charge in [-0.3, -0.25) is 4.79 Å². The van der Waals surface area contributed by atoms with Crippen molar-refractivity contribution in [3.05, 3.63) is 54.1 Å². The average Bonchev–Trinajstić information content (AvgIpc) is 3.09. The smallest absolute Gasteiger partial charge is 0.242 e. The number of benzene rings is 2. The summed E-state index contributed by atoms with van der Waals surface area (Å²) in [7, 11) is -3.41. The molecule has 0 radical (unpaired) electrons. The van der Waals surface area contributed by atoms with Crippen molar-refractivity contribution >= 4 is 21.6 Å². The van der Waals surface area contributed by atoms with Crippen LogP contribution in [-0.2, 0) is 14.8 Å². The lowest BCUT2D eigenvalue weighted by Gasteiger charge is -2.22. The van der Waals surface area contributed by atoms with Gasteiger partial charge in [0.1, 0.15) is 11.8 Å². The Morgan fingerprint density at radius 2 is 1.85 bits per heavy atom. The largest absolute Gasteiger partial charge is 0.455 e. The molecule has 138 valence electrons. The molecule has 1 aliphatic rings. The van der Waals surface area contributed by atoms with Gasteiger partial charge in [-0.15, -0.1) is 0 Å². The molecule has 1 aliphatic heterocycles. The predicted molar refractivity (Wildman–Crippen MR) is 101 cm³/mol. The van der Waals surface area contributed by atoms with Gasteiger partial charge in [-0.25, -0.2) is 8.42 Å². The van der Waals surface area contributed by atoms with Crippen molar-refractivity contribution in [2.24, 2.45) is 0 Å². The number of amides is 1. The van der Waals surface area contributed by atoms with Gasteiger partial charge in [0, 0.05) is 6.54 Å². The van der Waals surface area contributed by atoms with Crippen molar-refractivity contribution in [2.45, 2.75) is 25.8 Å². The molecule has 7 heteroatoms. The minimum absolute atomic E-state index is 0.340. The molecule has 0 aliphatic carbocycles. The van der Waals surface area contributed by atoms with E-state index in [0.29, 0.717) is 36.6 Å². The van der Waals surface area contributed by atoms with E-state index in [9.17, 15) is 13.2 Å². The van der Waals surface area contributed by atoms with Gasteiger partial charge in [0.05, 0.1) is 11.9 Å². The minimum atomic E-state index is -3.41. The highest BCUT2D eigenvalue weighted by atomic mass is 32.2. The highest BCUT2D eigenvalue weighted by Gasteiger charge is 2.36. The first-order valence-electron chi connectivity index (χ1n) is 8.46. The molecule has 6 nitrogen and oxygen atoms in total. The number of nitrogens with one attached hydrogen (secondary N) is 1. The molecule has 1 unspecified atom stereocenters. The van der Waals surface area contributed by atoms with E-state index in [4.69, 9.17) is 4.74 Å². The van der Waals surface area contributed by atoms with Crippen molar-refractivity contribution in [1.82, 2.24) is 4.31 Å². The Morgan fingerprint density at radius 3 is 2.54 bits per heavy atom. The number of carbonyl (C=O) groups excluding carboxylic acids is 1. The molecule has 1 saturated heterocycles. The van der Waals surface area contributed by atoms with Gasteiger partial charge >= 0.3 is 0 Å². The third-order valence-electron chi connectivity index (χ3n) is 4.33. The molecule has 1 N–H and O–H groups in total. The maximum atomic E-state index is 12.6. The van der Waals surface area contributed by atoms with Crippen LogP contribution >= 0.6 is 0 Å². The SMILES string of the molecule is Cc1ccc(Oc2ccccc2NC(=O)C2CCCN2S(C)(=O)=O)cc1. The number of para-hydroxylation sites is 2. The number of aryl methyl sites for hydroxylation is 1. The molecule has 0 spiro atoms. The summed E-state index contributed by atoms with van der Waals surface area (Å²) in [5.41, 5.74) is 1.64. The number of carbonyl (C=O) groups is 1. The third kappa shape index (κ3) is 4.23. The summed E-state index contributed by atoms with van der Waals surface area (Å²) in [6.07, 6.45) is 2.32. The first-order chi connectivity index (χ1) is 12.3. The fourth-order valence-corrected chi connectivity index (χ4v) is 4.13. The average molecular weight is 374 g/mol. The summed E-state index contributed by atoms with van der Waals surface area (Å²) in [5, 5.41) is 2.82. The van der Waals surface area contributed by atoms with Gasteiger partial charge < -0.3 is 10.1 Å². The number of nitrogens with zero attached hydrogens (tertiary/aromatic N) is 1. The van der Waals surface area contributed by atoms with Crippen LogP contribution in [0.5, 0.6) is 11.5 Å². The summed E-state index contributed by atoms with van der Waals surface area (Å²) >= 11 is 0. The zero-order valence-corrected chi connectivity index (χ0v) is 15.6. The number of rotatable bonds is 5. The Bertz CT molecular complexity index is 894. The van der Waals surface area contributed by atoms with E-state index in [0.717, 1.165) is 11.8 Å². The second kappa shape index (κ2) is 7.47. The molecule has 2 aromatic carbocycles. The third-order valence-corrected chi connectivity index (χ3v) is 5.62. The second-order valence-corrected chi connectivity index (χ2v) is 8.37. The van der Waals surface area contributed by atoms with E-state index in [1.165, 1.54) is 4.31 Å². The van der Waals surface area contributed by atoms with E-state index >= 15 is 0 Å². The maximum absolute atomic E-state index is 12.6. The zero-order valence-electron chi connectivity index (χ0n) is 14.8. The van der Waals surface area contributed by atoms with Crippen molar-refractivity contribution in [3.8, 4) is 11.5 Å². The van der Waals surface area contributed by atoms with Gasteiger partial charge in [0.2, 0.25) is 15.9 Å². The van der Waals surface area contributed by atoms with Gasteiger partial charge in [-0.1, -0.05) is 29.8 Å². The fraction of sp³-hybridized carbons (Fsp3) is 0.316. The van der Waals surface area contributed by atoms with Crippen molar-refractivity contribution in [2.75, 3.05) is 18.1 Å². The van der Waals surface area contributed by atoms with Crippen LogP contribution in [-0.4, -0.2) is 37.5 Å². The van der Waals surface area contributed by atoms with Crippen molar-refractivity contribution in [3.63, 3.8) is 0 Å². The lowest BCUT2D eigenvalue weighted by molar-refractivity contribution is -0.119. The molecule has 0 aromatic heterocycles. The zero-order chi connectivity index (χ0) is 18.7. The Kier molecular flexibility index (Phi) is 5.29. The Labute approximate surface area is 153 Å². The summed E-state index contributed by atoms with van der Waals surface area (Å²) in [6, 6.07) is 14.0. The quantitative estimate of drug-likeness (QED) is 0.872. The molecule has 0 saturated carbocycles. The number of hydrogen-bond acceptors (Lipinski definition) is 4. The number of ether oxygens (including phenoxy) is 1. The molecule has 26 heavy (non-hydrogen) atoms. The van der Waals surface area contributed by atoms with Crippen LogP contribution in [0, 0.1) is 6.92 Å². The van der Waals surface area contributed by atoms with E-state index < -0.39 is 16.1 Å². The number of hydrogen-bond donors (Lipinski definition) is 1. The molecule has 3 rings (SSSR count). The molecule has 1 heterocycles. The van der Waals surface area contributed by atoms with E-state index in [1.807, 2.05) is 37.3 Å². The van der Waals surface area contributed by atoms with Crippen LogP contribution in [0.25, 0.3) is 0 Å². The monoisotopic (exact) mass is 374 g/mol. The standard InChI is InChI=1S/C19H22N2O4S/c1-14-9-11-15(12-10-14)25-18-8-4-3-6-16(18)20-19(22)17-7-5-13-21(17)26(2,23)24/h3-4,6,8-12,17H,5,7,13H2,1-2H3,(H,20,22). The normalized spacial score (nSPS) is 17.8. The van der Waals surface area contributed by atoms with Gasteiger partial charge in [-0.2, -0.15) is 4.31 Å². The van der Waals surface area contributed by atoms with E-state index in [-0.39, 0.29) is 5.91 Å². The van der Waals surface area contributed by atoms with E-state index in [2.05, 4.69) is 5.32 Å². The first kappa shape index (κ1) is 18.4. The molecule has 1 fully saturated rings. The predicted octanol–water partition coefficient (Wildman–Crippen LogP) is 3.15. The fourth-order valence-electron chi connectivity index (χ4n) is 3.01. The van der Waals surface area contributed by atoms with Gasteiger partial charge in [-0.05, 0) is 44.0 Å². The lowest BCUT2D eigenvalue weighted by atomic mass is 10.2. The molecular formula is C19H22N2O4S. The molecule has 2 aromatic rings. The van der Waals surface area contributed by atoms with Gasteiger partial charge in [0.25, 0.3) is 0 Å². The first-order valence-corrected chi connectivity index (χ1v) is 10.3. The second-order valence-electron chi connectivity index (χ2n) is 6.43. The van der Waals surface area contributed by atoms with Crippen molar-refractivity contribution in [1.29, 1.82) is 0 Å². The van der Waals surface area contributed by atoms with E-state index in [1.54, 1.807) is 18.2 Å². The molecule has 1 atom stereocenters. The van der Waals surface area contributed by atoms with Crippen molar-refractivity contribution < 1.29 is 17.9 Å². The summed E-state index contributed by atoms with van der Waals surface area (Å²) in [4.78, 5) is 12.6. The summed E-state index contributed by atoms with van der Waals surface area (Å²) in [6.45, 7) is 2.37. The Hall–Kier alpha value is -2.38. The summed E-state index contributed by atoms with van der Waals surface area (Å²) < 4.78 is 30.8. The Morgan fingerprint density at radius 1 is 1.15 bits per heavy atom. The maximum Gasteiger partial charge on any atom is 0.242 e. The van der Waals surface area contributed by atoms with Crippen LogP contribution < -0.4 is 10.1 Å². The minimum Gasteiger partial charge on any atom is -0.455 e. The van der Waals surface area contributed by atoms with Crippen LogP contribution in [0.3, 0.4) is 0 Å². The number of sulfonamides is 1. The number of anilines is 1. The molecule has 0 bridgehead atoms. The van der Waals surface area contributed by atoms with Crippen LogP contribution in [0.15, 0.2) is 48.5 Å². The highest BCUT2D eigenvalue weighted by Crippen LogP contribution is 2.30. The molecular weight excluding hydrogens is 352 g/mol. The van der Waals surface area contributed by atoms with Gasteiger partial charge in [0.15, 0.2) is 5.75 Å². The molecule has 1 amide bonds. The Balaban J connectivity index is 1.78. The lowest BCUT2D eigenvalue weighted by Crippen LogP contribution is -2.42. The van der Waals surface area contributed by atoms with Crippen LogP contribution in [0.2, 0.25) is 0 Å². The highest BCUT2D eigenvalue weighted by molar-refractivity contribution is 7.88. The van der Waals surface area contributed by atoms with Crippen LogP contribution in [0.1, 0.15) is 18.4 Å². The topological polar surface area (TPSA) is 75.7 Å². The summed E-state index contributed by atoms with van der Waals surface area (Å²) in [5.74, 6) is 0.831.